The predicted octanol–water partition coefficient (Wildman–Crippen LogP) is 2.16. The molecular weight excluding hydrogens is 318 g/mol. The highest BCUT2D eigenvalue weighted by Gasteiger charge is 2.14. The zero-order chi connectivity index (χ0) is 17.6. The fourth-order valence-corrected chi connectivity index (χ4v) is 2.56. The van der Waals surface area contributed by atoms with Gasteiger partial charge in [-0.15, -0.1) is 10.2 Å². The number of nitrogens with one attached hydrogen (secondary N) is 1. The van der Waals surface area contributed by atoms with Crippen molar-refractivity contribution >= 4 is 5.91 Å². The van der Waals surface area contributed by atoms with Gasteiger partial charge in [-0.2, -0.15) is 0 Å². The summed E-state index contributed by atoms with van der Waals surface area (Å²) in [4.78, 5) is 16.6. The fourth-order valence-electron chi connectivity index (χ4n) is 2.56. The van der Waals surface area contributed by atoms with Gasteiger partial charge in [0.15, 0.2) is 0 Å². The number of oxazole rings is 1. The molecule has 1 N–H and O–H groups in total. The van der Waals surface area contributed by atoms with E-state index in [0.717, 1.165) is 17.9 Å². The number of hydrogen-bond acceptors (Lipinski definition) is 5. The number of carbonyl (C=O) groups is 1. The maximum absolute atomic E-state index is 12.2. The molecule has 0 saturated carbocycles. The van der Waals surface area contributed by atoms with Crippen molar-refractivity contribution in [1.29, 1.82) is 0 Å². The predicted molar refractivity (Wildman–Crippen MR) is 92.8 cm³/mol. The van der Waals surface area contributed by atoms with Crippen LogP contribution in [-0.4, -0.2) is 32.2 Å². The second-order valence-corrected chi connectivity index (χ2v) is 5.70. The first-order valence-electron chi connectivity index (χ1n) is 8.32. The minimum Gasteiger partial charge on any atom is -0.441 e. The van der Waals surface area contributed by atoms with Gasteiger partial charge >= 0.3 is 0 Å². The summed E-state index contributed by atoms with van der Waals surface area (Å²) in [5.41, 5.74) is 1.56. The van der Waals surface area contributed by atoms with Crippen LogP contribution in [-0.2, 0) is 24.2 Å². The maximum Gasteiger partial charge on any atom is 0.226 e. The van der Waals surface area contributed by atoms with Crippen molar-refractivity contribution in [2.75, 3.05) is 6.54 Å². The lowest BCUT2D eigenvalue weighted by Crippen LogP contribution is -2.28. The number of nitrogens with zero attached hydrogens (tertiary/aromatic N) is 4. The first-order valence-corrected chi connectivity index (χ1v) is 8.32. The zero-order valence-corrected chi connectivity index (χ0v) is 14.4. The first-order chi connectivity index (χ1) is 12.2. The molecule has 3 aromatic rings. The largest absolute Gasteiger partial charge is 0.441 e. The topological polar surface area (TPSA) is 85.8 Å². The monoisotopic (exact) mass is 339 g/mol. The van der Waals surface area contributed by atoms with Crippen molar-refractivity contribution in [1.82, 2.24) is 25.1 Å². The first kappa shape index (κ1) is 16.9. The molecule has 0 aliphatic heterocycles. The molecule has 0 aliphatic carbocycles. The van der Waals surface area contributed by atoms with Crippen LogP contribution in [0.2, 0.25) is 0 Å². The van der Waals surface area contributed by atoms with Crippen LogP contribution in [0.5, 0.6) is 0 Å². The standard InChI is InChI=1S/C18H21N5O2/c1-3-23-12-20-22-16(23)9-10-19-17(24)11-15-13(2)25-18(21-15)14-7-5-4-6-8-14/h4-8,12H,3,9-11H2,1-2H3,(H,19,24). The Hall–Kier alpha value is -2.96. The van der Waals surface area contributed by atoms with Crippen molar-refractivity contribution in [3.8, 4) is 11.5 Å². The van der Waals surface area contributed by atoms with E-state index in [1.807, 2.05) is 48.7 Å². The smallest absolute Gasteiger partial charge is 0.226 e. The van der Waals surface area contributed by atoms with E-state index < -0.39 is 0 Å². The van der Waals surface area contributed by atoms with Crippen molar-refractivity contribution in [2.24, 2.45) is 0 Å². The second kappa shape index (κ2) is 7.74. The Morgan fingerprint density at radius 1 is 1.28 bits per heavy atom. The van der Waals surface area contributed by atoms with Gasteiger partial charge in [-0.05, 0) is 26.0 Å². The molecule has 25 heavy (non-hydrogen) atoms. The third kappa shape index (κ3) is 4.12. The van der Waals surface area contributed by atoms with Gasteiger partial charge in [0, 0.05) is 25.1 Å². The van der Waals surface area contributed by atoms with Crippen molar-refractivity contribution in [3.05, 3.63) is 53.9 Å². The highest BCUT2D eigenvalue weighted by molar-refractivity contribution is 5.78. The number of rotatable bonds is 7. The van der Waals surface area contributed by atoms with Crippen LogP contribution in [0, 0.1) is 6.92 Å². The van der Waals surface area contributed by atoms with Gasteiger partial charge in [-0.25, -0.2) is 4.98 Å². The van der Waals surface area contributed by atoms with E-state index in [-0.39, 0.29) is 12.3 Å². The number of benzene rings is 1. The summed E-state index contributed by atoms with van der Waals surface area (Å²) >= 11 is 0. The third-order valence-electron chi connectivity index (χ3n) is 3.95. The molecule has 2 aromatic heterocycles. The number of carbonyl (C=O) groups excluding carboxylic acids is 1. The van der Waals surface area contributed by atoms with Crippen molar-refractivity contribution in [3.63, 3.8) is 0 Å². The Kier molecular flexibility index (Phi) is 5.23. The highest BCUT2D eigenvalue weighted by Crippen LogP contribution is 2.21. The molecule has 3 rings (SSSR count). The van der Waals surface area contributed by atoms with Crippen LogP contribution in [0.15, 0.2) is 41.1 Å². The SMILES string of the molecule is CCn1cnnc1CCNC(=O)Cc1nc(-c2ccccc2)oc1C. The summed E-state index contributed by atoms with van der Waals surface area (Å²) in [6.45, 7) is 5.19. The fraction of sp³-hybridized carbons (Fsp3) is 0.333. The van der Waals surface area contributed by atoms with E-state index in [4.69, 9.17) is 4.42 Å². The minimum absolute atomic E-state index is 0.0847. The molecule has 2 heterocycles. The average Bonchev–Trinajstić information content (AvgIpc) is 3.22. The Bertz CT molecular complexity index is 838. The van der Waals surface area contributed by atoms with Crippen LogP contribution in [0.4, 0.5) is 0 Å². The van der Waals surface area contributed by atoms with Crippen LogP contribution < -0.4 is 5.32 Å². The Morgan fingerprint density at radius 2 is 2.08 bits per heavy atom. The summed E-state index contributed by atoms with van der Waals surface area (Å²) in [7, 11) is 0. The molecule has 1 aromatic carbocycles. The summed E-state index contributed by atoms with van der Waals surface area (Å²) in [5, 5.41) is 10.8. The maximum atomic E-state index is 12.2. The molecule has 7 nitrogen and oxygen atoms in total. The quantitative estimate of drug-likeness (QED) is 0.713. The van der Waals surface area contributed by atoms with E-state index in [9.17, 15) is 4.79 Å². The Labute approximate surface area is 146 Å². The van der Waals surface area contributed by atoms with E-state index >= 15 is 0 Å². The summed E-state index contributed by atoms with van der Waals surface area (Å²) in [6.07, 6.45) is 2.54. The van der Waals surface area contributed by atoms with Crippen molar-refractivity contribution in [2.45, 2.75) is 33.2 Å². The van der Waals surface area contributed by atoms with Gasteiger partial charge in [0.05, 0.1) is 12.1 Å². The molecule has 0 saturated heterocycles. The highest BCUT2D eigenvalue weighted by atomic mass is 16.4. The molecule has 0 spiro atoms. The summed E-state index contributed by atoms with van der Waals surface area (Å²) in [5.74, 6) is 1.99. The summed E-state index contributed by atoms with van der Waals surface area (Å²) < 4.78 is 7.64. The lowest BCUT2D eigenvalue weighted by Gasteiger charge is -2.05. The molecule has 0 radical (unpaired) electrons. The molecule has 0 fully saturated rings. The molecule has 0 atom stereocenters. The lowest BCUT2D eigenvalue weighted by molar-refractivity contribution is -0.120. The third-order valence-corrected chi connectivity index (χ3v) is 3.95. The van der Waals surface area contributed by atoms with Crippen LogP contribution in [0.3, 0.4) is 0 Å². The number of aromatic nitrogens is 4. The number of aryl methyl sites for hydroxylation is 2. The molecule has 7 heteroatoms. The van der Waals surface area contributed by atoms with Crippen LogP contribution >= 0.6 is 0 Å². The van der Waals surface area contributed by atoms with Gasteiger partial charge in [-0.3, -0.25) is 4.79 Å². The average molecular weight is 339 g/mol. The van der Waals surface area contributed by atoms with Gasteiger partial charge in [0.1, 0.15) is 17.9 Å². The lowest BCUT2D eigenvalue weighted by atomic mass is 10.2. The summed E-state index contributed by atoms with van der Waals surface area (Å²) in [6, 6.07) is 9.65. The number of hydrogen-bond donors (Lipinski definition) is 1. The zero-order valence-electron chi connectivity index (χ0n) is 14.4. The van der Waals surface area contributed by atoms with Crippen molar-refractivity contribution < 1.29 is 9.21 Å². The van der Waals surface area contributed by atoms with E-state index in [1.54, 1.807) is 6.33 Å². The molecule has 1 amide bonds. The molecule has 0 aliphatic rings. The van der Waals surface area contributed by atoms with Gasteiger partial charge in [0.2, 0.25) is 11.8 Å². The van der Waals surface area contributed by atoms with Gasteiger partial charge in [-0.1, -0.05) is 18.2 Å². The van der Waals surface area contributed by atoms with Gasteiger partial charge in [0.25, 0.3) is 0 Å². The Morgan fingerprint density at radius 3 is 2.84 bits per heavy atom. The van der Waals surface area contributed by atoms with E-state index in [2.05, 4.69) is 20.5 Å². The second-order valence-electron chi connectivity index (χ2n) is 5.70. The van der Waals surface area contributed by atoms with Crippen LogP contribution in [0.25, 0.3) is 11.5 Å². The molecule has 0 unspecified atom stereocenters. The minimum atomic E-state index is -0.0847. The van der Waals surface area contributed by atoms with E-state index in [1.165, 1.54) is 0 Å². The number of amides is 1. The molecule has 130 valence electrons. The molecular formula is C18H21N5O2. The van der Waals surface area contributed by atoms with E-state index in [0.29, 0.717) is 30.3 Å². The normalized spacial score (nSPS) is 10.8. The molecule has 0 bridgehead atoms. The van der Waals surface area contributed by atoms with Gasteiger partial charge < -0.3 is 14.3 Å². The van der Waals surface area contributed by atoms with Crippen LogP contribution in [0.1, 0.15) is 24.2 Å². The Balaban J connectivity index is 1.55.